The molecular formula is C20H33N2O3S+. The number of ether oxygens (including phenoxy) is 1. The van der Waals surface area contributed by atoms with Gasteiger partial charge in [-0.15, -0.1) is 11.3 Å². The molecule has 2 rings (SSSR count). The Hall–Kier alpha value is -1.40. The van der Waals surface area contributed by atoms with E-state index in [1.807, 2.05) is 6.92 Å². The van der Waals surface area contributed by atoms with Gasteiger partial charge in [0.2, 0.25) is 0 Å². The number of quaternary nitrogens is 1. The third-order valence-corrected chi connectivity index (χ3v) is 6.21. The molecule has 5 nitrogen and oxygen atoms in total. The molecule has 1 heterocycles. The summed E-state index contributed by atoms with van der Waals surface area (Å²) in [6.45, 7) is 11.0. The highest BCUT2D eigenvalue weighted by Crippen LogP contribution is 2.40. The van der Waals surface area contributed by atoms with Gasteiger partial charge in [0, 0.05) is 4.88 Å². The fourth-order valence-electron chi connectivity index (χ4n) is 3.47. The quantitative estimate of drug-likeness (QED) is 0.647. The van der Waals surface area contributed by atoms with E-state index in [2.05, 4.69) is 26.1 Å². The Morgan fingerprint density at radius 1 is 1.31 bits per heavy atom. The molecule has 2 N–H and O–H groups in total. The largest absolute Gasteiger partial charge is 0.462 e. The van der Waals surface area contributed by atoms with Gasteiger partial charge in [0.25, 0.3) is 5.91 Å². The Balaban J connectivity index is 2.17. The molecular weight excluding hydrogens is 348 g/mol. The predicted octanol–water partition coefficient (Wildman–Crippen LogP) is 2.69. The van der Waals surface area contributed by atoms with Gasteiger partial charge in [-0.05, 0) is 51.0 Å². The third kappa shape index (κ3) is 5.30. The van der Waals surface area contributed by atoms with E-state index in [1.165, 1.54) is 9.78 Å². The van der Waals surface area contributed by atoms with Gasteiger partial charge in [-0.2, -0.15) is 0 Å². The molecule has 1 aromatic heterocycles. The van der Waals surface area contributed by atoms with E-state index >= 15 is 0 Å². The lowest BCUT2D eigenvalue weighted by Crippen LogP contribution is -3.12. The number of nitrogens with one attached hydrogen (secondary N) is 2. The standard InChI is InChI=1S/C20H32N2O3S/c1-5-8-11-22(6-2)13-17(23)21-19-18(20(24)25-7-3)15-10-9-14(4)12-16(15)26-19/h14H,5-13H2,1-4H3,(H,21,23)/p+1. The maximum atomic E-state index is 12.6. The van der Waals surface area contributed by atoms with Crippen molar-refractivity contribution in [1.29, 1.82) is 0 Å². The molecule has 0 fully saturated rings. The van der Waals surface area contributed by atoms with Crippen molar-refractivity contribution in [2.75, 3.05) is 31.6 Å². The molecule has 0 aliphatic heterocycles. The lowest BCUT2D eigenvalue weighted by atomic mass is 9.88. The number of likely N-dealkylation sites (N-methyl/N-ethyl adjacent to an activating group) is 1. The molecule has 1 aliphatic rings. The number of carbonyl (C=O) groups is 2. The number of amides is 1. The fraction of sp³-hybridized carbons (Fsp3) is 0.700. The number of hydrogen-bond acceptors (Lipinski definition) is 4. The first-order chi connectivity index (χ1) is 12.5. The molecule has 0 saturated carbocycles. The minimum Gasteiger partial charge on any atom is -0.462 e. The van der Waals surface area contributed by atoms with Crippen molar-refractivity contribution in [3.05, 3.63) is 16.0 Å². The molecule has 1 amide bonds. The van der Waals surface area contributed by atoms with Crippen LogP contribution in [0, 0.1) is 5.92 Å². The van der Waals surface area contributed by atoms with Gasteiger partial charge in [-0.25, -0.2) is 4.79 Å². The zero-order valence-corrected chi connectivity index (χ0v) is 17.4. The first-order valence-corrected chi connectivity index (χ1v) is 10.8. The molecule has 0 saturated heterocycles. The van der Waals surface area contributed by atoms with Crippen LogP contribution in [0.1, 0.15) is 67.8 Å². The maximum Gasteiger partial charge on any atom is 0.341 e. The van der Waals surface area contributed by atoms with Crippen LogP contribution in [-0.4, -0.2) is 38.1 Å². The van der Waals surface area contributed by atoms with Crippen LogP contribution in [-0.2, 0) is 22.4 Å². The predicted molar refractivity (Wildman–Crippen MR) is 106 cm³/mol. The second kappa shape index (κ2) is 10.1. The summed E-state index contributed by atoms with van der Waals surface area (Å²) >= 11 is 1.56. The summed E-state index contributed by atoms with van der Waals surface area (Å²) in [5.74, 6) is 0.296. The third-order valence-electron chi connectivity index (χ3n) is 5.04. The van der Waals surface area contributed by atoms with Crippen LogP contribution in [0.4, 0.5) is 5.00 Å². The molecule has 0 aromatic carbocycles. The smallest absolute Gasteiger partial charge is 0.341 e. The molecule has 1 aliphatic carbocycles. The van der Waals surface area contributed by atoms with Crippen molar-refractivity contribution in [2.45, 2.75) is 59.8 Å². The Morgan fingerprint density at radius 2 is 2.08 bits per heavy atom. The van der Waals surface area contributed by atoms with Gasteiger partial charge in [0.1, 0.15) is 5.00 Å². The summed E-state index contributed by atoms with van der Waals surface area (Å²) in [5, 5.41) is 3.70. The van der Waals surface area contributed by atoms with Crippen LogP contribution in [0.2, 0.25) is 0 Å². The second-order valence-electron chi connectivity index (χ2n) is 7.21. The fourth-order valence-corrected chi connectivity index (χ4v) is 4.89. The number of unbranched alkanes of at least 4 members (excludes halogenated alkanes) is 1. The Kier molecular flexibility index (Phi) is 8.10. The topological polar surface area (TPSA) is 59.8 Å². The molecule has 2 unspecified atom stereocenters. The van der Waals surface area contributed by atoms with Gasteiger partial charge < -0.3 is 15.0 Å². The number of anilines is 1. The summed E-state index contributed by atoms with van der Waals surface area (Å²) in [5.41, 5.74) is 1.69. The van der Waals surface area contributed by atoms with E-state index in [4.69, 9.17) is 4.74 Å². The first kappa shape index (κ1) is 20.9. The molecule has 146 valence electrons. The van der Waals surface area contributed by atoms with Crippen molar-refractivity contribution in [1.82, 2.24) is 0 Å². The van der Waals surface area contributed by atoms with Crippen LogP contribution >= 0.6 is 11.3 Å². The number of esters is 1. The van der Waals surface area contributed by atoms with Crippen molar-refractivity contribution < 1.29 is 19.2 Å². The average Bonchev–Trinajstić information content (AvgIpc) is 2.95. The van der Waals surface area contributed by atoms with E-state index in [0.29, 0.717) is 29.6 Å². The number of hydrogen-bond donors (Lipinski definition) is 2. The Bertz CT molecular complexity index is 627. The molecule has 2 atom stereocenters. The highest BCUT2D eigenvalue weighted by molar-refractivity contribution is 7.17. The van der Waals surface area contributed by atoms with Gasteiger partial charge in [0.05, 0.1) is 25.3 Å². The highest BCUT2D eigenvalue weighted by Gasteiger charge is 2.29. The van der Waals surface area contributed by atoms with Crippen LogP contribution < -0.4 is 10.2 Å². The summed E-state index contributed by atoms with van der Waals surface area (Å²) in [7, 11) is 0. The van der Waals surface area contributed by atoms with Crippen molar-refractivity contribution in [2.24, 2.45) is 5.92 Å². The van der Waals surface area contributed by atoms with Gasteiger partial charge in [0.15, 0.2) is 6.54 Å². The number of carbonyl (C=O) groups excluding carboxylic acids is 2. The van der Waals surface area contributed by atoms with Gasteiger partial charge in [-0.1, -0.05) is 20.3 Å². The van der Waals surface area contributed by atoms with Gasteiger partial charge >= 0.3 is 5.97 Å². The molecule has 6 heteroatoms. The second-order valence-corrected chi connectivity index (χ2v) is 8.31. The Morgan fingerprint density at radius 3 is 2.73 bits per heavy atom. The minimum atomic E-state index is -0.305. The van der Waals surface area contributed by atoms with E-state index in [9.17, 15) is 9.59 Å². The monoisotopic (exact) mass is 381 g/mol. The van der Waals surface area contributed by atoms with E-state index in [1.54, 1.807) is 11.3 Å². The summed E-state index contributed by atoms with van der Waals surface area (Å²) in [6, 6.07) is 0. The summed E-state index contributed by atoms with van der Waals surface area (Å²) < 4.78 is 5.27. The first-order valence-electron chi connectivity index (χ1n) is 9.95. The number of rotatable bonds is 9. The SMILES string of the molecule is CCCC[NH+](CC)CC(=O)Nc1sc2c(c1C(=O)OCC)CCC(C)C2. The zero-order valence-electron chi connectivity index (χ0n) is 16.6. The average molecular weight is 382 g/mol. The van der Waals surface area contributed by atoms with Crippen molar-refractivity contribution >= 4 is 28.2 Å². The van der Waals surface area contributed by atoms with Crippen LogP contribution in [0.3, 0.4) is 0 Å². The summed E-state index contributed by atoms with van der Waals surface area (Å²) in [6.07, 6.45) is 5.20. The van der Waals surface area contributed by atoms with Crippen molar-refractivity contribution in [3.8, 4) is 0 Å². The zero-order chi connectivity index (χ0) is 19.1. The maximum absolute atomic E-state index is 12.6. The molecule has 0 spiro atoms. The van der Waals surface area contributed by atoms with Gasteiger partial charge in [-0.3, -0.25) is 4.79 Å². The van der Waals surface area contributed by atoms with E-state index in [-0.39, 0.29) is 11.9 Å². The lowest BCUT2D eigenvalue weighted by Gasteiger charge is -2.18. The van der Waals surface area contributed by atoms with Crippen LogP contribution in [0.15, 0.2) is 0 Å². The summed E-state index contributed by atoms with van der Waals surface area (Å²) in [4.78, 5) is 27.6. The van der Waals surface area contributed by atoms with Crippen LogP contribution in [0.5, 0.6) is 0 Å². The highest BCUT2D eigenvalue weighted by atomic mass is 32.1. The van der Waals surface area contributed by atoms with Crippen LogP contribution in [0.25, 0.3) is 0 Å². The van der Waals surface area contributed by atoms with E-state index in [0.717, 1.165) is 50.8 Å². The molecule has 0 radical (unpaired) electrons. The number of fused-ring (bicyclic) bond motifs is 1. The Labute approximate surface area is 161 Å². The normalized spacial score (nSPS) is 17.5. The van der Waals surface area contributed by atoms with Crippen molar-refractivity contribution in [3.63, 3.8) is 0 Å². The minimum absolute atomic E-state index is 0.0184. The lowest BCUT2D eigenvalue weighted by molar-refractivity contribution is -0.890. The molecule has 0 bridgehead atoms. The molecule has 26 heavy (non-hydrogen) atoms. The number of thiophene rings is 1. The van der Waals surface area contributed by atoms with E-state index < -0.39 is 0 Å². The molecule has 1 aromatic rings.